The first kappa shape index (κ1) is 16.0. The third kappa shape index (κ3) is 5.19. The second-order valence-corrected chi connectivity index (χ2v) is 7.10. The van der Waals surface area contributed by atoms with E-state index < -0.39 is 11.8 Å². The summed E-state index contributed by atoms with van der Waals surface area (Å²) >= 11 is 0. The quantitative estimate of drug-likeness (QED) is 0.653. The van der Waals surface area contributed by atoms with Gasteiger partial charge in [-0.05, 0) is 54.4 Å². The number of carbonyl (C=O) groups excluding carboxylic acids is 2. The molecular formula is C14H27N3O2. The van der Waals surface area contributed by atoms with Gasteiger partial charge in [0, 0.05) is 23.2 Å². The van der Waals surface area contributed by atoms with Crippen molar-refractivity contribution in [1.82, 2.24) is 16.0 Å². The topological polar surface area (TPSA) is 70.2 Å². The van der Waals surface area contributed by atoms with Crippen molar-refractivity contribution in [1.29, 1.82) is 0 Å². The fraction of sp³-hybridized carbons (Fsp3) is 0.857. The van der Waals surface area contributed by atoms with E-state index in [0.29, 0.717) is 0 Å². The van der Waals surface area contributed by atoms with Crippen LogP contribution >= 0.6 is 0 Å². The van der Waals surface area contributed by atoms with Gasteiger partial charge in [-0.3, -0.25) is 9.59 Å². The number of hydrogen-bond donors (Lipinski definition) is 3. The van der Waals surface area contributed by atoms with Crippen molar-refractivity contribution in [2.24, 2.45) is 0 Å². The lowest BCUT2D eigenvalue weighted by Crippen LogP contribution is -2.63. The maximum atomic E-state index is 11.8. The molecule has 110 valence electrons. The van der Waals surface area contributed by atoms with E-state index >= 15 is 0 Å². The minimum absolute atomic E-state index is 0.0247. The van der Waals surface area contributed by atoms with Crippen molar-refractivity contribution in [2.75, 3.05) is 0 Å². The molecule has 1 aliphatic rings. The van der Waals surface area contributed by atoms with E-state index in [9.17, 15) is 9.59 Å². The van der Waals surface area contributed by atoms with E-state index in [1.54, 1.807) is 0 Å². The minimum atomic E-state index is -0.552. The number of amides is 2. The largest absolute Gasteiger partial charge is 0.346 e. The van der Waals surface area contributed by atoms with E-state index in [-0.39, 0.29) is 23.2 Å². The van der Waals surface area contributed by atoms with Crippen molar-refractivity contribution >= 4 is 11.8 Å². The van der Waals surface area contributed by atoms with Gasteiger partial charge in [0.1, 0.15) is 0 Å². The molecule has 1 heterocycles. The molecule has 0 radical (unpaired) electrons. The maximum absolute atomic E-state index is 11.8. The second kappa shape index (κ2) is 5.49. The van der Waals surface area contributed by atoms with Crippen LogP contribution in [0.1, 0.15) is 54.4 Å². The van der Waals surface area contributed by atoms with E-state index in [1.165, 1.54) is 0 Å². The fourth-order valence-electron chi connectivity index (χ4n) is 3.00. The average Bonchev–Trinajstić information content (AvgIpc) is 2.10. The van der Waals surface area contributed by atoms with Crippen LogP contribution in [0.3, 0.4) is 0 Å². The molecule has 0 aliphatic carbocycles. The van der Waals surface area contributed by atoms with Crippen LogP contribution in [0.25, 0.3) is 0 Å². The van der Waals surface area contributed by atoms with Gasteiger partial charge in [-0.25, -0.2) is 0 Å². The summed E-state index contributed by atoms with van der Waals surface area (Å²) in [6.45, 7) is 12.1. The van der Waals surface area contributed by atoms with Crippen LogP contribution in [-0.4, -0.2) is 35.0 Å². The van der Waals surface area contributed by atoms with Gasteiger partial charge in [0.05, 0.1) is 0 Å². The molecule has 1 rings (SSSR count). The Hall–Kier alpha value is -1.10. The fourth-order valence-corrected chi connectivity index (χ4v) is 3.00. The van der Waals surface area contributed by atoms with Gasteiger partial charge in [0.15, 0.2) is 0 Å². The predicted octanol–water partition coefficient (Wildman–Crippen LogP) is 0.936. The SMILES string of the molecule is CC(C)NC(=O)C(=O)NC1CC(C)(C)NC(C)(C)C1. The van der Waals surface area contributed by atoms with E-state index in [4.69, 9.17) is 0 Å². The molecule has 3 N–H and O–H groups in total. The zero-order chi connectivity index (χ0) is 14.8. The molecular weight excluding hydrogens is 242 g/mol. The Morgan fingerprint density at radius 2 is 1.53 bits per heavy atom. The zero-order valence-corrected chi connectivity index (χ0v) is 12.9. The Labute approximate surface area is 115 Å². The van der Waals surface area contributed by atoms with E-state index in [0.717, 1.165) is 12.8 Å². The molecule has 1 fully saturated rings. The summed E-state index contributed by atoms with van der Waals surface area (Å²) in [5.74, 6) is -1.09. The highest BCUT2D eigenvalue weighted by atomic mass is 16.2. The summed E-state index contributed by atoms with van der Waals surface area (Å²) in [6.07, 6.45) is 1.63. The normalized spacial score (nSPS) is 22.1. The molecule has 5 nitrogen and oxygen atoms in total. The summed E-state index contributed by atoms with van der Waals surface area (Å²) in [5, 5.41) is 9.00. The summed E-state index contributed by atoms with van der Waals surface area (Å²) in [6, 6.07) is -0.00387. The lowest BCUT2D eigenvalue weighted by Gasteiger charge is -2.46. The van der Waals surface area contributed by atoms with Gasteiger partial charge < -0.3 is 16.0 Å². The van der Waals surface area contributed by atoms with E-state index in [2.05, 4.69) is 43.6 Å². The molecule has 1 aliphatic heterocycles. The Morgan fingerprint density at radius 3 is 1.95 bits per heavy atom. The van der Waals surface area contributed by atoms with Gasteiger partial charge in [-0.2, -0.15) is 0 Å². The smallest absolute Gasteiger partial charge is 0.309 e. The van der Waals surface area contributed by atoms with Crippen molar-refractivity contribution in [3.05, 3.63) is 0 Å². The minimum Gasteiger partial charge on any atom is -0.346 e. The summed E-state index contributed by atoms with van der Waals surface area (Å²) in [5.41, 5.74) is -0.0948. The molecule has 5 heteroatoms. The Kier molecular flexibility index (Phi) is 4.61. The van der Waals surface area contributed by atoms with Crippen molar-refractivity contribution in [2.45, 2.75) is 77.5 Å². The number of nitrogens with one attached hydrogen (secondary N) is 3. The van der Waals surface area contributed by atoms with Gasteiger partial charge in [0.2, 0.25) is 0 Å². The first-order valence-corrected chi connectivity index (χ1v) is 6.91. The molecule has 0 aromatic carbocycles. The standard InChI is InChI=1S/C14H27N3O2/c1-9(2)15-11(18)12(19)16-10-7-13(3,4)17-14(5,6)8-10/h9-10,17H,7-8H2,1-6H3,(H,15,18)(H,16,19). The van der Waals surface area contributed by atoms with Gasteiger partial charge >= 0.3 is 11.8 Å². The monoisotopic (exact) mass is 269 g/mol. The van der Waals surface area contributed by atoms with E-state index in [1.807, 2.05) is 13.8 Å². The summed E-state index contributed by atoms with van der Waals surface area (Å²) < 4.78 is 0. The molecule has 19 heavy (non-hydrogen) atoms. The van der Waals surface area contributed by atoms with Crippen LogP contribution < -0.4 is 16.0 Å². The zero-order valence-electron chi connectivity index (χ0n) is 12.9. The van der Waals surface area contributed by atoms with Crippen LogP contribution in [0, 0.1) is 0 Å². The maximum Gasteiger partial charge on any atom is 0.309 e. The number of piperidine rings is 1. The first-order valence-electron chi connectivity index (χ1n) is 6.91. The third-order valence-electron chi connectivity index (χ3n) is 3.15. The van der Waals surface area contributed by atoms with Gasteiger partial charge in [0.25, 0.3) is 0 Å². The summed E-state index contributed by atoms with van der Waals surface area (Å²) in [4.78, 5) is 23.4. The first-order chi connectivity index (χ1) is 8.51. The predicted molar refractivity (Wildman–Crippen MR) is 75.7 cm³/mol. The molecule has 0 atom stereocenters. The Bertz CT molecular complexity index is 346. The third-order valence-corrected chi connectivity index (χ3v) is 3.15. The van der Waals surface area contributed by atoms with Crippen molar-refractivity contribution < 1.29 is 9.59 Å². The Balaban J connectivity index is 2.61. The molecule has 0 unspecified atom stereocenters. The molecule has 0 bridgehead atoms. The molecule has 0 aromatic rings. The second-order valence-electron chi connectivity index (χ2n) is 7.10. The highest BCUT2D eigenvalue weighted by molar-refractivity contribution is 6.35. The molecule has 0 saturated carbocycles. The van der Waals surface area contributed by atoms with Crippen LogP contribution in [0.4, 0.5) is 0 Å². The van der Waals surface area contributed by atoms with Gasteiger partial charge in [-0.1, -0.05) is 0 Å². The number of hydrogen-bond acceptors (Lipinski definition) is 3. The average molecular weight is 269 g/mol. The van der Waals surface area contributed by atoms with Gasteiger partial charge in [-0.15, -0.1) is 0 Å². The Morgan fingerprint density at radius 1 is 1.05 bits per heavy atom. The summed E-state index contributed by atoms with van der Waals surface area (Å²) in [7, 11) is 0. The lowest BCUT2D eigenvalue weighted by molar-refractivity contribution is -0.140. The van der Waals surface area contributed by atoms with Crippen molar-refractivity contribution in [3.63, 3.8) is 0 Å². The molecule has 1 saturated heterocycles. The van der Waals surface area contributed by atoms with Crippen molar-refractivity contribution in [3.8, 4) is 0 Å². The number of rotatable bonds is 2. The lowest BCUT2D eigenvalue weighted by atomic mass is 9.79. The molecule has 0 spiro atoms. The molecule has 0 aromatic heterocycles. The highest BCUT2D eigenvalue weighted by Gasteiger charge is 2.38. The number of carbonyl (C=O) groups is 2. The van der Waals surface area contributed by atoms with Crippen LogP contribution in [0.5, 0.6) is 0 Å². The highest BCUT2D eigenvalue weighted by Crippen LogP contribution is 2.28. The van der Waals surface area contributed by atoms with Crippen LogP contribution in [0.15, 0.2) is 0 Å². The van der Waals surface area contributed by atoms with Crippen LogP contribution in [0.2, 0.25) is 0 Å². The molecule has 2 amide bonds. The van der Waals surface area contributed by atoms with Crippen LogP contribution in [-0.2, 0) is 9.59 Å².